The van der Waals surface area contributed by atoms with Crippen LogP contribution >= 0.6 is 28.1 Å². The van der Waals surface area contributed by atoms with Gasteiger partial charge < -0.3 is 15.6 Å². The fourth-order valence-electron chi connectivity index (χ4n) is 2.88. The quantitative estimate of drug-likeness (QED) is 0.365. The number of hydrogen-bond acceptors (Lipinski definition) is 4. The molecule has 7 nitrogen and oxygen atoms in total. The molecule has 2 aromatic carbocycles. The van der Waals surface area contributed by atoms with Gasteiger partial charge in [-0.05, 0) is 61.1 Å². The van der Waals surface area contributed by atoms with Gasteiger partial charge in [0.05, 0.1) is 17.4 Å². The Balaban J connectivity index is 1.72. The van der Waals surface area contributed by atoms with Crippen molar-refractivity contribution in [3.8, 4) is 0 Å². The summed E-state index contributed by atoms with van der Waals surface area (Å²) in [7, 11) is 0. The van der Waals surface area contributed by atoms with E-state index in [0.29, 0.717) is 28.7 Å². The van der Waals surface area contributed by atoms with E-state index >= 15 is 0 Å². The number of nitrogens with one attached hydrogen (secondary N) is 3. The first-order valence-corrected chi connectivity index (χ1v) is 10.2. The second-order valence-corrected chi connectivity index (χ2v) is 7.83. The number of benzene rings is 2. The van der Waals surface area contributed by atoms with Crippen LogP contribution in [0.15, 0.2) is 58.3 Å². The maximum absolute atomic E-state index is 12.5. The lowest BCUT2D eigenvalue weighted by Gasteiger charge is -2.09. The van der Waals surface area contributed by atoms with Crippen molar-refractivity contribution in [3.05, 3.63) is 79.8 Å². The molecule has 0 aliphatic rings. The average Bonchev–Trinajstić information content (AvgIpc) is 2.71. The summed E-state index contributed by atoms with van der Waals surface area (Å²) in [6.07, 6.45) is 1.58. The second-order valence-electron chi connectivity index (χ2n) is 6.59. The summed E-state index contributed by atoms with van der Waals surface area (Å²) in [5.74, 6) is -0.786. The number of amides is 2. The number of H-pyrrole nitrogens is 1. The number of carbonyl (C=O) groups excluding carboxylic acids is 2. The molecule has 0 atom stereocenters. The van der Waals surface area contributed by atoms with Gasteiger partial charge in [-0.25, -0.2) is 0 Å². The number of aromatic amines is 1. The smallest absolute Gasteiger partial charge is 0.262 e. The number of aromatic nitrogens is 2. The Morgan fingerprint density at radius 2 is 2.03 bits per heavy atom. The molecule has 0 saturated carbocycles. The molecule has 0 saturated heterocycles. The van der Waals surface area contributed by atoms with Crippen LogP contribution in [0, 0.1) is 11.7 Å². The number of nitrogens with zero attached hydrogens (tertiary/aromatic N) is 1. The van der Waals surface area contributed by atoms with Crippen LogP contribution in [0.25, 0.3) is 10.9 Å². The molecule has 1 heterocycles. The van der Waals surface area contributed by atoms with Crippen LogP contribution in [0.1, 0.15) is 15.9 Å². The number of allylic oxidation sites excluding steroid dienone is 1. The molecule has 0 spiro atoms. The fourth-order valence-corrected chi connectivity index (χ4v) is 3.39. The summed E-state index contributed by atoms with van der Waals surface area (Å²) >= 11 is 8.61. The Labute approximate surface area is 185 Å². The normalized spacial score (nSPS) is 10.6. The van der Waals surface area contributed by atoms with Crippen LogP contribution in [0.4, 0.5) is 5.69 Å². The zero-order valence-corrected chi connectivity index (χ0v) is 18.5. The first kappa shape index (κ1) is 21.7. The van der Waals surface area contributed by atoms with Crippen molar-refractivity contribution in [2.24, 2.45) is 0 Å². The Morgan fingerprint density at radius 1 is 1.27 bits per heavy atom. The first-order valence-electron chi connectivity index (χ1n) is 9.02. The third-order valence-electron chi connectivity index (χ3n) is 4.41. The van der Waals surface area contributed by atoms with Crippen molar-refractivity contribution < 1.29 is 9.59 Å². The van der Waals surface area contributed by atoms with Crippen LogP contribution < -0.4 is 16.2 Å². The average molecular weight is 487 g/mol. The summed E-state index contributed by atoms with van der Waals surface area (Å²) < 4.78 is 2.58. The lowest BCUT2D eigenvalue weighted by Crippen LogP contribution is -2.33. The molecule has 3 aromatic rings. The maximum atomic E-state index is 12.5. The predicted molar refractivity (Wildman–Crippen MR) is 123 cm³/mol. The van der Waals surface area contributed by atoms with Gasteiger partial charge in [0.15, 0.2) is 4.77 Å². The monoisotopic (exact) mass is 486 g/mol. The van der Waals surface area contributed by atoms with Gasteiger partial charge in [-0.15, -0.1) is 6.58 Å². The molecular formula is C21H19BrN4O3S. The van der Waals surface area contributed by atoms with E-state index in [1.165, 1.54) is 16.7 Å². The standard InChI is InChI=1S/C21H19BrN4O3S/c1-3-8-26-20(29)15-6-4-13(10-17(15)25-21(26)30)19(28)23-11-18(27)24-14-5-7-16(22)12(2)9-14/h3-7,9-10H,1,8,11H2,2H3,(H,23,28)(H,24,27)(H,25,30). The van der Waals surface area contributed by atoms with E-state index in [4.69, 9.17) is 12.2 Å². The van der Waals surface area contributed by atoms with Crippen molar-refractivity contribution in [1.29, 1.82) is 0 Å². The molecule has 0 fully saturated rings. The summed E-state index contributed by atoms with van der Waals surface area (Å²) in [6.45, 7) is 5.63. The number of halogens is 1. The Hall–Kier alpha value is -3.04. The van der Waals surface area contributed by atoms with E-state index in [9.17, 15) is 14.4 Å². The lowest BCUT2D eigenvalue weighted by atomic mass is 10.1. The second kappa shape index (κ2) is 9.19. The van der Waals surface area contributed by atoms with E-state index in [1.807, 2.05) is 19.1 Å². The topological polar surface area (TPSA) is 96.0 Å². The molecule has 30 heavy (non-hydrogen) atoms. The van der Waals surface area contributed by atoms with Gasteiger partial charge in [0.1, 0.15) is 0 Å². The summed E-state index contributed by atoms with van der Waals surface area (Å²) in [5.41, 5.74) is 2.13. The van der Waals surface area contributed by atoms with E-state index in [-0.39, 0.29) is 22.8 Å². The van der Waals surface area contributed by atoms with Crippen molar-refractivity contribution >= 4 is 56.6 Å². The number of hydrogen-bond donors (Lipinski definition) is 3. The lowest BCUT2D eigenvalue weighted by molar-refractivity contribution is -0.115. The third-order valence-corrected chi connectivity index (χ3v) is 5.62. The number of anilines is 1. The molecule has 0 bridgehead atoms. The van der Waals surface area contributed by atoms with E-state index in [1.54, 1.807) is 18.2 Å². The predicted octanol–water partition coefficient (Wildman–Crippen LogP) is 3.68. The fraction of sp³-hybridized carbons (Fsp3) is 0.143. The van der Waals surface area contributed by atoms with Crippen molar-refractivity contribution in [3.63, 3.8) is 0 Å². The summed E-state index contributed by atoms with van der Waals surface area (Å²) in [5, 5.41) is 5.71. The SMILES string of the molecule is C=CCn1c(=S)[nH]c2cc(C(=O)NCC(=O)Nc3ccc(Br)c(C)c3)ccc2c1=O. The van der Waals surface area contributed by atoms with E-state index in [2.05, 4.69) is 38.1 Å². The van der Waals surface area contributed by atoms with Gasteiger partial charge in [-0.1, -0.05) is 22.0 Å². The summed E-state index contributed by atoms with van der Waals surface area (Å²) in [4.78, 5) is 40.1. The molecule has 0 unspecified atom stereocenters. The molecular weight excluding hydrogens is 468 g/mol. The van der Waals surface area contributed by atoms with Crippen LogP contribution in [-0.2, 0) is 11.3 Å². The van der Waals surface area contributed by atoms with Crippen molar-refractivity contribution in [2.75, 3.05) is 11.9 Å². The molecule has 3 rings (SSSR count). The highest BCUT2D eigenvalue weighted by atomic mass is 79.9. The zero-order valence-electron chi connectivity index (χ0n) is 16.1. The molecule has 1 aromatic heterocycles. The molecule has 3 N–H and O–H groups in total. The zero-order chi connectivity index (χ0) is 21.8. The van der Waals surface area contributed by atoms with Gasteiger partial charge >= 0.3 is 0 Å². The highest BCUT2D eigenvalue weighted by molar-refractivity contribution is 9.10. The largest absolute Gasteiger partial charge is 0.343 e. The number of fused-ring (bicyclic) bond motifs is 1. The third kappa shape index (κ3) is 4.74. The molecule has 2 amide bonds. The van der Waals surface area contributed by atoms with Crippen LogP contribution in [0.2, 0.25) is 0 Å². The minimum absolute atomic E-state index is 0.192. The minimum Gasteiger partial charge on any atom is -0.343 e. The van der Waals surface area contributed by atoms with Gasteiger partial charge in [0.2, 0.25) is 5.91 Å². The summed E-state index contributed by atoms with van der Waals surface area (Å²) in [6, 6.07) is 10.1. The van der Waals surface area contributed by atoms with Gasteiger partial charge in [-0.2, -0.15) is 0 Å². The van der Waals surface area contributed by atoms with E-state index in [0.717, 1.165) is 10.0 Å². The van der Waals surface area contributed by atoms with Crippen LogP contribution in [-0.4, -0.2) is 27.9 Å². The van der Waals surface area contributed by atoms with Gasteiger partial charge in [0.25, 0.3) is 11.5 Å². The van der Waals surface area contributed by atoms with Gasteiger partial charge in [-0.3, -0.25) is 19.0 Å². The molecule has 0 radical (unpaired) electrons. The Morgan fingerprint density at radius 3 is 2.73 bits per heavy atom. The maximum Gasteiger partial charge on any atom is 0.262 e. The molecule has 0 aliphatic carbocycles. The highest BCUT2D eigenvalue weighted by Crippen LogP contribution is 2.19. The Kier molecular flexibility index (Phi) is 6.63. The molecule has 9 heteroatoms. The highest BCUT2D eigenvalue weighted by Gasteiger charge is 2.12. The first-order chi connectivity index (χ1) is 14.3. The van der Waals surface area contributed by atoms with Crippen LogP contribution in [0.5, 0.6) is 0 Å². The molecule has 154 valence electrons. The van der Waals surface area contributed by atoms with Gasteiger partial charge in [0, 0.05) is 22.3 Å². The molecule has 0 aliphatic heterocycles. The Bertz CT molecular complexity index is 1280. The number of carbonyl (C=O) groups is 2. The minimum atomic E-state index is -0.436. The van der Waals surface area contributed by atoms with Crippen LogP contribution in [0.3, 0.4) is 0 Å². The number of aryl methyl sites for hydroxylation is 1. The number of rotatable bonds is 6. The van der Waals surface area contributed by atoms with Crippen molar-refractivity contribution in [2.45, 2.75) is 13.5 Å². The van der Waals surface area contributed by atoms with Crippen molar-refractivity contribution in [1.82, 2.24) is 14.9 Å². The van der Waals surface area contributed by atoms with E-state index < -0.39 is 5.91 Å².